The van der Waals surface area contributed by atoms with Crippen LogP contribution in [0.4, 0.5) is 0 Å². The lowest BCUT2D eigenvalue weighted by molar-refractivity contribution is -0.134. The van der Waals surface area contributed by atoms with Crippen LogP contribution in [-0.4, -0.2) is 32.5 Å². The van der Waals surface area contributed by atoms with E-state index in [0.717, 1.165) is 36.2 Å². The molecule has 1 fully saturated rings. The first-order valence-corrected chi connectivity index (χ1v) is 8.19. The molecule has 1 atom stereocenters. The van der Waals surface area contributed by atoms with Crippen molar-refractivity contribution in [3.8, 4) is 11.1 Å². The van der Waals surface area contributed by atoms with Crippen LogP contribution in [0.15, 0.2) is 30.7 Å². The number of aromatic nitrogens is 3. The average Bonchev–Trinajstić information content (AvgIpc) is 3.15. The molecule has 3 heterocycles. The number of likely N-dealkylation sites (tertiary alicyclic amines) is 1. The monoisotopic (exact) mass is 312 g/mol. The molecule has 1 N–H and O–H groups in total. The maximum Gasteiger partial charge on any atom is 0.223 e. The number of nitrogens with zero attached hydrogens (tertiary/aromatic N) is 3. The molecule has 0 radical (unpaired) electrons. The average molecular weight is 312 g/mol. The Balaban J connectivity index is 1.87. The molecule has 5 nitrogen and oxygen atoms in total. The summed E-state index contributed by atoms with van der Waals surface area (Å²) in [6, 6.07) is 4.05. The fraction of sp³-hybridized carbons (Fsp3) is 0.500. The van der Waals surface area contributed by atoms with Gasteiger partial charge in [0, 0.05) is 30.9 Å². The Bertz CT molecular complexity index is 672. The highest BCUT2D eigenvalue weighted by Gasteiger charge is 2.34. The van der Waals surface area contributed by atoms with Gasteiger partial charge in [0.2, 0.25) is 5.91 Å². The molecule has 0 bridgehead atoms. The van der Waals surface area contributed by atoms with E-state index in [1.165, 1.54) is 0 Å². The first kappa shape index (κ1) is 15.7. The number of hydrogen-bond acceptors (Lipinski definition) is 3. The smallest absolute Gasteiger partial charge is 0.223 e. The highest BCUT2D eigenvalue weighted by molar-refractivity contribution is 5.78. The van der Waals surface area contributed by atoms with Gasteiger partial charge in [-0.05, 0) is 36.0 Å². The molecule has 0 aromatic carbocycles. The third kappa shape index (κ3) is 3.44. The van der Waals surface area contributed by atoms with Gasteiger partial charge in [-0.3, -0.25) is 14.9 Å². The molecule has 1 amide bonds. The number of carbonyl (C=O) groups is 1. The summed E-state index contributed by atoms with van der Waals surface area (Å²) in [5, 5.41) is 7.36. The van der Waals surface area contributed by atoms with Crippen molar-refractivity contribution in [2.24, 2.45) is 5.41 Å². The summed E-state index contributed by atoms with van der Waals surface area (Å²) < 4.78 is 0. The number of H-pyrrole nitrogens is 1. The van der Waals surface area contributed by atoms with Gasteiger partial charge in [-0.15, -0.1) is 0 Å². The Morgan fingerprint density at radius 3 is 2.78 bits per heavy atom. The van der Waals surface area contributed by atoms with Gasteiger partial charge in [0.05, 0.1) is 17.9 Å². The first-order valence-electron chi connectivity index (χ1n) is 8.19. The van der Waals surface area contributed by atoms with Crippen LogP contribution < -0.4 is 0 Å². The molecule has 1 aliphatic rings. The summed E-state index contributed by atoms with van der Waals surface area (Å²) >= 11 is 0. The molecular formula is C18H24N4O. The molecule has 122 valence electrons. The standard InChI is InChI=1S/C18H24N4O/c1-18(2,3)11-16(23)22-10-4-5-15(22)17-14(12-20-21-17)13-6-8-19-9-7-13/h6-9,12,15H,4-5,10-11H2,1-3H3,(H,20,21). The topological polar surface area (TPSA) is 61.9 Å². The van der Waals surface area contributed by atoms with Crippen molar-refractivity contribution < 1.29 is 4.79 Å². The first-order chi connectivity index (χ1) is 11.0. The van der Waals surface area contributed by atoms with E-state index in [1.807, 2.05) is 23.2 Å². The minimum Gasteiger partial charge on any atom is -0.334 e. The van der Waals surface area contributed by atoms with Crippen LogP contribution in [-0.2, 0) is 4.79 Å². The zero-order valence-electron chi connectivity index (χ0n) is 14.0. The van der Waals surface area contributed by atoms with Crippen molar-refractivity contribution in [3.63, 3.8) is 0 Å². The summed E-state index contributed by atoms with van der Waals surface area (Å²) in [4.78, 5) is 18.8. The Labute approximate surface area is 137 Å². The Kier molecular flexibility index (Phi) is 4.20. The molecule has 5 heteroatoms. The molecular weight excluding hydrogens is 288 g/mol. The highest BCUT2D eigenvalue weighted by atomic mass is 16.2. The van der Waals surface area contributed by atoms with E-state index in [4.69, 9.17) is 0 Å². The van der Waals surface area contributed by atoms with E-state index in [9.17, 15) is 4.79 Å². The third-order valence-electron chi connectivity index (χ3n) is 4.25. The largest absolute Gasteiger partial charge is 0.334 e. The summed E-state index contributed by atoms with van der Waals surface area (Å²) in [5.41, 5.74) is 3.19. The van der Waals surface area contributed by atoms with Crippen molar-refractivity contribution >= 4 is 5.91 Å². The molecule has 1 aliphatic heterocycles. The van der Waals surface area contributed by atoms with E-state index in [1.54, 1.807) is 12.4 Å². The predicted octanol–water partition coefficient (Wildman–Crippen LogP) is 3.57. The minimum atomic E-state index is 0.00609. The molecule has 1 saturated heterocycles. The van der Waals surface area contributed by atoms with E-state index in [0.29, 0.717) is 6.42 Å². The van der Waals surface area contributed by atoms with Gasteiger partial charge in [0.15, 0.2) is 0 Å². The lowest BCUT2D eigenvalue weighted by Crippen LogP contribution is -2.33. The van der Waals surface area contributed by atoms with Crippen molar-refractivity contribution in [2.75, 3.05) is 6.54 Å². The summed E-state index contributed by atoms with van der Waals surface area (Å²) in [7, 11) is 0. The molecule has 0 spiro atoms. The number of rotatable bonds is 3. The maximum atomic E-state index is 12.7. The van der Waals surface area contributed by atoms with Crippen molar-refractivity contribution in [2.45, 2.75) is 46.1 Å². The van der Waals surface area contributed by atoms with Crippen LogP contribution in [0, 0.1) is 5.41 Å². The number of amides is 1. The lowest BCUT2D eigenvalue weighted by atomic mass is 9.91. The fourth-order valence-electron chi connectivity index (χ4n) is 3.23. The zero-order chi connectivity index (χ0) is 16.4. The number of hydrogen-bond donors (Lipinski definition) is 1. The molecule has 23 heavy (non-hydrogen) atoms. The van der Waals surface area contributed by atoms with Crippen molar-refractivity contribution in [1.82, 2.24) is 20.1 Å². The van der Waals surface area contributed by atoms with Gasteiger partial charge < -0.3 is 4.90 Å². The zero-order valence-corrected chi connectivity index (χ0v) is 14.0. The number of carbonyl (C=O) groups excluding carboxylic acids is 1. The van der Waals surface area contributed by atoms with Crippen LogP contribution >= 0.6 is 0 Å². The van der Waals surface area contributed by atoms with Crippen LogP contribution in [0.1, 0.15) is 51.8 Å². The van der Waals surface area contributed by atoms with Crippen molar-refractivity contribution in [3.05, 3.63) is 36.4 Å². The second-order valence-corrected chi connectivity index (χ2v) is 7.42. The van der Waals surface area contributed by atoms with Crippen LogP contribution in [0.25, 0.3) is 11.1 Å². The number of nitrogens with one attached hydrogen (secondary N) is 1. The van der Waals surface area contributed by atoms with Crippen LogP contribution in [0.2, 0.25) is 0 Å². The summed E-state index contributed by atoms with van der Waals surface area (Å²) in [6.45, 7) is 7.14. The van der Waals surface area contributed by atoms with Gasteiger partial charge in [-0.2, -0.15) is 5.10 Å². The second-order valence-electron chi connectivity index (χ2n) is 7.42. The molecule has 3 rings (SSSR count). The highest BCUT2D eigenvalue weighted by Crippen LogP contribution is 2.37. The van der Waals surface area contributed by atoms with Gasteiger partial charge in [-0.25, -0.2) is 0 Å². The van der Waals surface area contributed by atoms with E-state index < -0.39 is 0 Å². The quantitative estimate of drug-likeness (QED) is 0.942. The van der Waals surface area contributed by atoms with Gasteiger partial charge in [-0.1, -0.05) is 20.8 Å². The van der Waals surface area contributed by atoms with E-state index >= 15 is 0 Å². The Morgan fingerprint density at radius 1 is 1.35 bits per heavy atom. The van der Waals surface area contributed by atoms with E-state index in [2.05, 4.69) is 36.0 Å². The Morgan fingerprint density at radius 2 is 2.09 bits per heavy atom. The number of pyridine rings is 1. The fourth-order valence-corrected chi connectivity index (χ4v) is 3.23. The third-order valence-corrected chi connectivity index (χ3v) is 4.25. The van der Waals surface area contributed by atoms with E-state index in [-0.39, 0.29) is 17.4 Å². The Hall–Kier alpha value is -2.17. The van der Waals surface area contributed by atoms with Crippen LogP contribution in [0.5, 0.6) is 0 Å². The molecule has 0 saturated carbocycles. The molecule has 2 aromatic rings. The predicted molar refractivity (Wildman–Crippen MR) is 89.6 cm³/mol. The lowest BCUT2D eigenvalue weighted by Gasteiger charge is -2.28. The SMILES string of the molecule is CC(C)(C)CC(=O)N1CCCC1c1[nH]ncc1-c1ccncc1. The normalized spacial score (nSPS) is 18.4. The van der Waals surface area contributed by atoms with Gasteiger partial charge in [0.25, 0.3) is 0 Å². The minimum absolute atomic E-state index is 0.00609. The molecule has 2 aromatic heterocycles. The molecule has 1 unspecified atom stereocenters. The van der Waals surface area contributed by atoms with Gasteiger partial charge in [0.1, 0.15) is 0 Å². The second kappa shape index (κ2) is 6.14. The maximum absolute atomic E-state index is 12.7. The summed E-state index contributed by atoms with van der Waals surface area (Å²) in [5.74, 6) is 0.232. The van der Waals surface area contributed by atoms with Crippen LogP contribution in [0.3, 0.4) is 0 Å². The summed E-state index contributed by atoms with van der Waals surface area (Å²) in [6.07, 6.45) is 8.00. The van der Waals surface area contributed by atoms with Gasteiger partial charge >= 0.3 is 0 Å². The number of aromatic amines is 1. The van der Waals surface area contributed by atoms with Crippen molar-refractivity contribution in [1.29, 1.82) is 0 Å². The molecule has 0 aliphatic carbocycles.